The largest absolute Gasteiger partial charge is 0.352 e. The molecule has 1 fully saturated rings. The van der Waals surface area contributed by atoms with Crippen LogP contribution < -0.4 is 5.32 Å². The van der Waals surface area contributed by atoms with E-state index in [1.54, 1.807) is 6.20 Å². The summed E-state index contributed by atoms with van der Waals surface area (Å²) in [6.07, 6.45) is 7.13. The van der Waals surface area contributed by atoms with E-state index >= 15 is 0 Å². The summed E-state index contributed by atoms with van der Waals surface area (Å²) in [4.78, 5) is 12.3. The van der Waals surface area contributed by atoms with Crippen molar-refractivity contribution >= 4 is 15.7 Å². The highest BCUT2D eigenvalue weighted by atomic mass is 32.2. The maximum atomic E-state index is 12.4. The fourth-order valence-electron chi connectivity index (χ4n) is 4.26. The van der Waals surface area contributed by atoms with E-state index < -0.39 is 9.84 Å². The minimum absolute atomic E-state index is 0.0170. The van der Waals surface area contributed by atoms with Gasteiger partial charge in [0.05, 0.1) is 17.5 Å². The number of aromatic nitrogens is 2. The van der Waals surface area contributed by atoms with Gasteiger partial charge in [-0.1, -0.05) is 61.4 Å². The van der Waals surface area contributed by atoms with Gasteiger partial charge < -0.3 is 5.32 Å². The van der Waals surface area contributed by atoms with Gasteiger partial charge in [0.1, 0.15) is 0 Å². The van der Waals surface area contributed by atoms with Gasteiger partial charge in [-0.2, -0.15) is 5.10 Å². The first-order chi connectivity index (χ1) is 15.5. The third-order valence-corrected chi connectivity index (χ3v) is 8.35. The number of amides is 1. The molecule has 168 valence electrons. The van der Waals surface area contributed by atoms with Crippen LogP contribution in [-0.2, 0) is 27.7 Å². The molecule has 2 aromatic carbocycles. The molecule has 0 bridgehead atoms. The van der Waals surface area contributed by atoms with Crippen LogP contribution in [0.25, 0.3) is 11.1 Å². The highest BCUT2D eigenvalue weighted by Gasteiger charge is 2.28. The van der Waals surface area contributed by atoms with Crippen LogP contribution in [0.2, 0.25) is 0 Å². The average molecular weight is 452 g/mol. The van der Waals surface area contributed by atoms with Crippen molar-refractivity contribution < 1.29 is 13.2 Å². The predicted molar refractivity (Wildman–Crippen MR) is 126 cm³/mol. The number of nitrogens with zero attached hydrogens (tertiary/aromatic N) is 2. The van der Waals surface area contributed by atoms with E-state index in [1.807, 2.05) is 41.2 Å². The molecule has 0 radical (unpaired) electrons. The molecule has 1 amide bonds. The van der Waals surface area contributed by atoms with Gasteiger partial charge in [-0.25, -0.2) is 8.42 Å². The van der Waals surface area contributed by atoms with E-state index in [4.69, 9.17) is 0 Å². The molecular weight excluding hydrogens is 422 g/mol. The van der Waals surface area contributed by atoms with Crippen LogP contribution in [-0.4, -0.2) is 35.1 Å². The number of carbonyl (C=O) groups is 1. The molecule has 0 aliphatic heterocycles. The molecule has 1 N–H and O–H groups in total. The number of nitrogens with one attached hydrogen (secondary N) is 1. The Labute approximate surface area is 189 Å². The van der Waals surface area contributed by atoms with Crippen LogP contribution in [0.4, 0.5) is 0 Å². The quantitative estimate of drug-likeness (QED) is 0.534. The molecule has 0 saturated heterocycles. The Kier molecular flexibility index (Phi) is 7.05. The number of hydrogen-bond acceptors (Lipinski definition) is 4. The lowest BCUT2D eigenvalue weighted by Crippen LogP contribution is -2.28. The van der Waals surface area contributed by atoms with Crippen molar-refractivity contribution in [3.05, 3.63) is 78.1 Å². The zero-order valence-electron chi connectivity index (χ0n) is 18.1. The Hall–Kier alpha value is -2.93. The topological polar surface area (TPSA) is 81.1 Å². The monoisotopic (exact) mass is 451 g/mol. The van der Waals surface area contributed by atoms with Crippen molar-refractivity contribution in [2.75, 3.05) is 5.75 Å². The maximum absolute atomic E-state index is 12.4. The van der Waals surface area contributed by atoms with Gasteiger partial charge in [-0.15, -0.1) is 0 Å². The fourth-order valence-corrected chi connectivity index (χ4v) is 6.11. The van der Waals surface area contributed by atoms with Crippen LogP contribution in [0.1, 0.15) is 43.2 Å². The molecule has 4 rings (SSSR count). The minimum atomic E-state index is -3.18. The van der Waals surface area contributed by atoms with E-state index in [0.717, 1.165) is 54.5 Å². The normalized spacial score (nSPS) is 14.5. The first-order valence-corrected chi connectivity index (χ1v) is 12.9. The fraction of sp³-hybridized carbons (Fsp3) is 0.360. The summed E-state index contributed by atoms with van der Waals surface area (Å²) in [5, 5.41) is 6.88. The van der Waals surface area contributed by atoms with E-state index in [2.05, 4.69) is 34.7 Å². The second-order valence-electron chi connectivity index (χ2n) is 8.36. The van der Waals surface area contributed by atoms with Gasteiger partial charge in [0.2, 0.25) is 5.91 Å². The summed E-state index contributed by atoms with van der Waals surface area (Å²) in [6.45, 7) is 1.09. The molecule has 1 heterocycles. The molecule has 0 spiro atoms. The third kappa shape index (κ3) is 5.65. The zero-order chi connectivity index (χ0) is 22.4. The van der Waals surface area contributed by atoms with Crippen molar-refractivity contribution in [3.63, 3.8) is 0 Å². The standard InChI is InChI=1S/C25H29N3O3S/c29-25(14-17-32(30,31)23-7-2-3-8-23)26-18-22-6-1-4-9-24(22)21-12-10-20(11-13-21)19-28-16-5-15-27-28/h1,4-6,9-13,15-16,23H,2-3,7-8,14,17-19H2,(H,26,29). The second kappa shape index (κ2) is 10.1. The molecule has 0 atom stereocenters. The molecular formula is C25H29N3O3S. The summed E-state index contributed by atoms with van der Waals surface area (Å²) >= 11 is 0. The maximum Gasteiger partial charge on any atom is 0.221 e. The number of sulfone groups is 1. The van der Waals surface area contributed by atoms with Crippen molar-refractivity contribution in [1.82, 2.24) is 15.1 Å². The van der Waals surface area contributed by atoms with Gasteiger partial charge in [-0.3, -0.25) is 9.48 Å². The van der Waals surface area contributed by atoms with Crippen molar-refractivity contribution in [2.24, 2.45) is 0 Å². The van der Waals surface area contributed by atoms with E-state index in [-0.39, 0.29) is 23.3 Å². The smallest absolute Gasteiger partial charge is 0.221 e. The molecule has 1 aliphatic rings. The van der Waals surface area contributed by atoms with Gasteiger partial charge in [-0.05, 0) is 41.2 Å². The number of rotatable bonds is 9. The molecule has 3 aromatic rings. The van der Waals surface area contributed by atoms with Gasteiger partial charge in [0.15, 0.2) is 9.84 Å². The summed E-state index contributed by atoms with van der Waals surface area (Å²) in [5.74, 6) is -0.293. The highest BCUT2D eigenvalue weighted by Crippen LogP contribution is 2.26. The zero-order valence-corrected chi connectivity index (χ0v) is 18.9. The summed E-state index contributed by atoms with van der Waals surface area (Å²) < 4.78 is 26.7. The number of benzene rings is 2. The highest BCUT2D eigenvalue weighted by molar-refractivity contribution is 7.92. The molecule has 0 unspecified atom stereocenters. The lowest BCUT2D eigenvalue weighted by atomic mass is 9.98. The van der Waals surface area contributed by atoms with Crippen LogP contribution in [0.3, 0.4) is 0 Å². The van der Waals surface area contributed by atoms with Crippen molar-refractivity contribution in [2.45, 2.75) is 50.4 Å². The Morgan fingerprint density at radius 3 is 2.50 bits per heavy atom. The van der Waals surface area contributed by atoms with E-state index in [9.17, 15) is 13.2 Å². The Morgan fingerprint density at radius 2 is 1.78 bits per heavy atom. The number of hydrogen-bond donors (Lipinski definition) is 1. The lowest BCUT2D eigenvalue weighted by molar-refractivity contribution is -0.120. The van der Waals surface area contributed by atoms with E-state index in [1.165, 1.54) is 0 Å². The Morgan fingerprint density at radius 1 is 1.03 bits per heavy atom. The van der Waals surface area contributed by atoms with E-state index in [0.29, 0.717) is 6.54 Å². The Bertz CT molecular complexity index is 1130. The predicted octanol–water partition coefficient (Wildman–Crippen LogP) is 3.96. The van der Waals surface area contributed by atoms with Crippen molar-refractivity contribution in [3.8, 4) is 11.1 Å². The van der Waals surface area contributed by atoms with Crippen LogP contribution >= 0.6 is 0 Å². The van der Waals surface area contributed by atoms with Crippen LogP contribution in [0.5, 0.6) is 0 Å². The molecule has 32 heavy (non-hydrogen) atoms. The van der Waals surface area contributed by atoms with Crippen molar-refractivity contribution in [1.29, 1.82) is 0 Å². The summed E-state index contributed by atoms with van der Waals surface area (Å²) in [5.41, 5.74) is 4.28. The first kappa shape index (κ1) is 22.3. The molecule has 1 aliphatic carbocycles. The molecule has 7 heteroatoms. The van der Waals surface area contributed by atoms with Crippen LogP contribution in [0, 0.1) is 0 Å². The van der Waals surface area contributed by atoms with Gasteiger partial charge >= 0.3 is 0 Å². The first-order valence-electron chi connectivity index (χ1n) is 11.1. The molecule has 6 nitrogen and oxygen atoms in total. The number of carbonyl (C=O) groups excluding carboxylic acids is 1. The Balaban J connectivity index is 1.35. The third-order valence-electron chi connectivity index (χ3n) is 6.09. The molecule has 1 saturated carbocycles. The SMILES string of the molecule is O=C(CCS(=O)(=O)C1CCCC1)NCc1ccccc1-c1ccc(Cn2cccn2)cc1. The lowest BCUT2D eigenvalue weighted by Gasteiger charge is -2.13. The van der Waals surface area contributed by atoms with Gasteiger partial charge in [0.25, 0.3) is 0 Å². The summed E-state index contributed by atoms with van der Waals surface area (Å²) in [6, 6.07) is 18.2. The van der Waals surface area contributed by atoms with Gasteiger partial charge in [0, 0.05) is 25.4 Å². The molecule has 1 aromatic heterocycles. The minimum Gasteiger partial charge on any atom is -0.352 e. The second-order valence-corrected chi connectivity index (χ2v) is 10.8. The van der Waals surface area contributed by atoms with Crippen LogP contribution in [0.15, 0.2) is 67.0 Å². The summed E-state index contributed by atoms with van der Waals surface area (Å²) in [7, 11) is -3.18. The average Bonchev–Trinajstić information content (AvgIpc) is 3.52.